The average Bonchev–Trinajstić information content (AvgIpc) is 2.77. The van der Waals surface area contributed by atoms with Crippen molar-refractivity contribution in [3.63, 3.8) is 0 Å². The predicted octanol–water partition coefficient (Wildman–Crippen LogP) is 4.06. The molecule has 132 valence electrons. The fourth-order valence-electron chi connectivity index (χ4n) is 5.91. The molecule has 0 spiro atoms. The summed E-state index contributed by atoms with van der Waals surface area (Å²) in [6, 6.07) is 3.79. The van der Waals surface area contributed by atoms with Crippen LogP contribution in [-0.2, 0) is 20.3 Å². The maximum absolute atomic E-state index is 12.3. The Morgan fingerprint density at radius 2 is 1.20 bits per heavy atom. The minimum Gasteiger partial charge on any atom is -0.465 e. The van der Waals surface area contributed by atoms with Gasteiger partial charge in [0.1, 0.15) is 0 Å². The van der Waals surface area contributed by atoms with Crippen LogP contribution >= 0.6 is 0 Å². The van der Waals surface area contributed by atoms with Gasteiger partial charge >= 0.3 is 11.9 Å². The first-order valence-corrected chi connectivity index (χ1v) is 8.99. The van der Waals surface area contributed by atoms with Crippen molar-refractivity contribution in [2.45, 2.75) is 56.8 Å². The largest absolute Gasteiger partial charge is 0.465 e. The highest BCUT2D eigenvalue weighted by molar-refractivity contribution is 6.04. The number of hydrogen-bond acceptors (Lipinski definition) is 4. The summed E-state index contributed by atoms with van der Waals surface area (Å²) in [4.78, 5) is 24.6. The molecule has 0 radical (unpaired) electrons. The lowest BCUT2D eigenvalue weighted by molar-refractivity contribution is 0.0552. The van der Waals surface area contributed by atoms with Crippen LogP contribution in [-0.4, -0.2) is 26.2 Å². The third-order valence-corrected chi connectivity index (χ3v) is 7.06. The Morgan fingerprint density at radius 3 is 1.56 bits per heavy atom. The van der Waals surface area contributed by atoms with Crippen molar-refractivity contribution in [2.24, 2.45) is 0 Å². The second-order valence-corrected chi connectivity index (χ2v) is 7.55. The number of ether oxygens (including phenoxy) is 2. The van der Waals surface area contributed by atoms with E-state index in [9.17, 15) is 9.59 Å². The Bertz CT molecular complexity index is 768. The van der Waals surface area contributed by atoms with E-state index in [4.69, 9.17) is 9.47 Å². The Labute approximate surface area is 148 Å². The quantitative estimate of drug-likeness (QED) is 0.602. The van der Waals surface area contributed by atoms with Crippen molar-refractivity contribution in [1.82, 2.24) is 0 Å². The van der Waals surface area contributed by atoms with Gasteiger partial charge in [-0.2, -0.15) is 0 Å². The van der Waals surface area contributed by atoms with Crippen LogP contribution in [0.4, 0.5) is 0 Å². The van der Waals surface area contributed by atoms with Gasteiger partial charge in [-0.05, 0) is 49.9 Å². The van der Waals surface area contributed by atoms with Crippen molar-refractivity contribution >= 4 is 11.9 Å². The zero-order valence-corrected chi connectivity index (χ0v) is 15.3. The summed E-state index contributed by atoms with van der Waals surface area (Å²) in [7, 11) is 2.69. The van der Waals surface area contributed by atoms with Gasteiger partial charge in [-0.25, -0.2) is 9.59 Å². The van der Waals surface area contributed by atoms with Crippen LogP contribution in [0.25, 0.3) is 0 Å². The second kappa shape index (κ2) is 5.20. The van der Waals surface area contributed by atoms with E-state index in [0.717, 1.165) is 12.8 Å². The molecule has 0 bridgehead atoms. The summed E-state index contributed by atoms with van der Waals surface area (Å²) in [5.41, 5.74) is 6.07. The number of carbonyl (C=O) groups is 2. The van der Waals surface area contributed by atoms with Crippen LogP contribution in [0.3, 0.4) is 0 Å². The molecular formula is C21H24O4. The fourth-order valence-corrected chi connectivity index (χ4v) is 5.91. The van der Waals surface area contributed by atoms with Gasteiger partial charge in [-0.15, -0.1) is 0 Å². The van der Waals surface area contributed by atoms with Gasteiger partial charge in [0.25, 0.3) is 0 Å². The Morgan fingerprint density at radius 1 is 0.800 bits per heavy atom. The lowest BCUT2D eigenvalue weighted by Gasteiger charge is -2.70. The van der Waals surface area contributed by atoms with Gasteiger partial charge in [0, 0.05) is 10.8 Å². The molecule has 1 aromatic carbocycles. The monoisotopic (exact) mass is 340 g/mol. The Balaban J connectivity index is 1.97. The Hall–Kier alpha value is -2.10. The molecule has 1 saturated carbocycles. The number of allylic oxidation sites excluding steroid dienone is 2. The van der Waals surface area contributed by atoms with E-state index in [1.165, 1.54) is 55.8 Å². The van der Waals surface area contributed by atoms with Crippen molar-refractivity contribution < 1.29 is 19.1 Å². The molecule has 2 unspecified atom stereocenters. The molecule has 4 rings (SSSR count). The van der Waals surface area contributed by atoms with Crippen LogP contribution in [0, 0.1) is 0 Å². The van der Waals surface area contributed by atoms with Crippen LogP contribution in [0.5, 0.6) is 0 Å². The molecule has 0 aliphatic heterocycles. The normalized spacial score (nSPS) is 29.3. The lowest BCUT2D eigenvalue weighted by atomic mass is 9.32. The lowest BCUT2D eigenvalue weighted by Crippen LogP contribution is -2.66. The van der Waals surface area contributed by atoms with Gasteiger partial charge in [0.15, 0.2) is 0 Å². The van der Waals surface area contributed by atoms with E-state index < -0.39 is 11.9 Å². The molecule has 4 nitrogen and oxygen atoms in total. The number of carbonyl (C=O) groups excluding carboxylic acids is 2. The fraction of sp³-hybridized carbons (Fsp3) is 0.524. The summed E-state index contributed by atoms with van der Waals surface area (Å²) < 4.78 is 9.83. The number of fused-ring (bicyclic) bond motifs is 1. The zero-order valence-electron chi connectivity index (χ0n) is 15.3. The van der Waals surface area contributed by atoms with Gasteiger partial charge in [0.2, 0.25) is 0 Å². The molecule has 3 aliphatic carbocycles. The summed E-state index contributed by atoms with van der Waals surface area (Å²) in [6.07, 6.45) is 5.91. The standard InChI is InChI=1S/C21H24O4/c1-12-13(2)21-9-7-5-6-8-20(12,21)16-10-14(18(22)24-3)15(11-17(16)21)19(23)25-4/h10-11H,5-9H2,1-4H3. The number of esters is 2. The van der Waals surface area contributed by atoms with Gasteiger partial charge in [-0.1, -0.05) is 30.4 Å². The third kappa shape index (κ3) is 1.63. The van der Waals surface area contributed by atoms with E-state index in [0.29, 0.717) is 11.1 Å². The third-order valence-electron chi connectivity index (χ3n) is 7.06. The number of benzene rings is 1. The second-order valence-electron chi connectivity index (χ2n) is 7.55. The summed E-state index contributed by atoms with van der Waals surface area (Å²) in [6.45, 7) is 4.46. The highest BCUT2D eigenvalue weighted by atomic mass is 16.5. The average molecular weight is 340 g/mol. The van der Waals surface area contributed by atoms with E-state index in [-0.39, 0.29) is 10.8 Å². The zero-order chi connectivity index (χ0) is 18.0. The van der Waals surface area contributed by atoms with Crippen LogP contribution in [0.2, 0.25) is 0 Å². The molecule has 1 aromatic rings. The topological polar surface area (TPSA) is 52.6 Å². The number of methoxy groups -OCH3 is 2. The molecule has 0 N–H and O–H groups in total. The maximum atomic E-state index is 12.3. The van der Waals surface area contributed by atoms with Crippen molar-refractivity contribution in [3.8, 4) is 0 Å². The van der Waals surface area contributed by atoms with Gasteiger partial charge in [-0.3, -0.25) is 0 Å². The molecule has 4 heteroatoms. The van der Waals surface area contributed by atoms with Crippen LogP contribution in [0.15, 0.2) is 23.3 Å². The first-order chi connectivity index (χ1) is 12.0. The molecule has 0 saturated heterocycles. The van der Waals surface area contributed by atoms with Crippen molar-refractivity contribution in [3.05, 3.63) is 45.5 Å². The van der Waals surface area contributed by atoms with Gasteiger partial charge in [0.05, 0.1) is 25.3 Å². The minimum absolute atomic E-state index is 0.0559. The van der Waals surface area contributed by atoms with Crippen LogP contribution < -0.4 is 0 Å². The summed E-state index contributed by atoms with van der Waals surface area (Å²) >= 11 is 0. The van der Waals surface area contributed by atoms with E-state index in [1.54, 1.807) is 0 Å². The molecule has 25 heavy (non-hydrogen) atoms. The molecule has 0 heterocycles. The SMILES string of the molecule is COC(=O)c1cc2c(cc1C(=O)OC)C13CCCCCC21C(C)=C3C. The van der Waals surface area contributed by atoms with E-state index in [1.807, 2.05) is 12.1 Å². The molecule has 0 amide bonds. The maximum Gasteiger partial charge on any atom is 0.338 e. The predicted molar refractivity (Wildman–Crippen MR) is 93.9 cm³/mol. The molecular weight excluding hydrogens is 316 g/mol. The molecule has 0 aromatic heterocycles. The molecule has 1 fully saturated rings. The van der Waals surface area contributed by atoms with Crippen LogP contribution in [0.1, 0.15) is 77.8 Å². The highest BCUT2D eigenvalue weighted by Crippen LogP contribution is 2.75. The first-order valence-electron chi connectivity index (χ1n) is 8.99. The van der Waals surface area contributed by atoms with E-state index >= 15 is 0 Å². The summed E-state index contributed by atoms with van der Waals surface area (Å²) in [5.74, 6) is -0.966. The molecule has 2 atom stereocenters. The first kappa shape index (κ1) is 16.4. The molecule has 3 aliphatic rings. The van der Waals surface area contributed by atoms with E-state index in [2.05, 4.69) is 13.8 Å². The summed E-state index contributed by atoms with van der Waals surface area (Å²) in [5, 5.41) is 0. The minimum atomic E-state index is -0.483. The highest BCUT2D eigenvalue weighted by Gasteiger charge is 2.70. The Kier molecular flexibility index (Phi) is 3.40. The smallest absolute Gasteiger partial charge is 0.338 e. The van der Waals surface area contributed by atoms with Crippen molar-refractivity contribution in [2.75, 3.05) is 14.2 Å². The number of hydrogen-bond donors (Lipinski definition) is 0. The van der Waals surface area contributed by atoms with Gasteiger partial charge < -0.3 is 9.47 Å². The van der Waals surface area contributed by atoms with Crippen molar-refractivity contribution in [1.29, 1.82) is 0 Å². The number of rotatable bonds is 2.